The number of carbonyl (C=O) groups excluding carboxylic acids is 2. The van der Waals surface area contributed by atoms with Crippen LogP contribution in [0, 0.1) is 0 Å². The van der Waals surface area contributed by atoms with E-state index in [4.69, 9.17) is 14.2 Å². The summed E-state index contributed by atoms with van der Waals surface area (Å²) in [5.74, 6) is 0.176. The van der Waals surface area contributed by atoms with E-state index in [-0.39, 0.29) is 11.5 Å². The quantitative estimate of drug-likeness (QED) is 0.569. The van der Waals surface area contributed by atoms with Gasteiger partial charge in [0.1, 0.15) is 0 Å². The van der Waals surface area contributed by atoms with Crippen LogP contribution in [0.15, 0.2) is 54.7 Å². The summed E-state index contributed by atoms with van der Waals surface area (Å²) in [7, 11) is 3.09. The number of para-hydroxylation sites is 1. The second-order valence-electron chi connectivity index (χ2n) is 6.40. The van der Waals surface area contributed by atoms with E-state index in [1.165, 1.54) is 13.8 Å². The lowest BCUT2D eigenvalue weighted by atomic mass is 10.1. The standard InChI is InChI=1S/C22H22N2O5/c1-14(25)15(2)29-22(26)21-18(13-24(23-21)17-8-6-5-7-9-17)16-10-11-19(27-3)20(12-16)28-4/h5-13,15H,1-4H3/t15-/m1/s1. The number of esters is 1. The van der Waals surface area contributed by atoms with E-state index in [0.29, 0.717) is 22.6 Å². The normalized spacial score (nSPS) is 11.6. The van der Waals surface area contributed by atoms with Gasteiger partial charge in [0.2, 0.25) is 0 Å². The van der Waals surface area contributed by atoms with Gasteiger partial charge in [-0.2, -0.15) is 5.10 Å². The molecule has 0 saturated heterocycles. The predicted molar refractivity (Wildman–Crippen MR) is 108 cm³/mol. The first-order valence-corrected chi connectivity index (χ1v) is 9.03. The van der Waals surface area contributed by atoms with Gasteiger partial charge in [-0.25, -0.2) is 9.48 Å². The van der Waals surface area contributed by atoms with Crippen molar-refractivity contribution in [1.82, 2.24) is 9.78 Å². The molecular formula is C22H22N2O5. The molecule has 0 aliphatic heterocycles. The maximum Gasteiger partial charge on any atom is 0.360 e. The molecule has 0 amide bonds. The van der Waals surface area contributed by atoms with Crippen molar-refractivity contribution in [3.8, 4) is 28.3 Å². The summed E-state index contributed by atoms with van der Waals surface area (Å²) >= 11 is 0. The summed E-state index contributed by atoms with van der Waals surface area (Å²) in [6.07, 6.45) is 0.883. The Bertz CT molecular complexity index is 1030. The highest BCUT2D eigenvalue weighted by Gasteiger charge is 2.24. The van der Waals surface area contributed by atoms with Crippen molar-refractivity contribution in [3.63, 3.8) is 0 Å². The van der Waals surface area contributed by atoms with Crippen molar-refractivity contribution in [3.05, 3.63) is 60.4 Å². The number of ketones is 1. The zero-order chi connectivity index (χ0) is 21.0. The lowest BCUT2D eigenvalue weighted by molar-refractivity contribution is -0.124. The molecule has 0 aliphatic carbocycles. The number of hydrogen-bond donors (Lipinski definition) is 0. The Hall–Kier alpha value is -3.61. The Morgan fingerprint density at radius 2 is 1.69 bits per heavy atom. The van der Waals surface area contributed by atoms with Gasteiger partial charge in [-0.3, -0.25) is 4.79 Å². The second-order valence-corrected chi connectivity index (χ2v) is 6.40. The minimum Gasteiger partial charge on any atom is -0.493 e. The Morgan fingerprint density at radius 3 is 2.31 bits per heavy atom. The lowest BCUT2D eigenvalue weighted by Gasteiger charge is -2.11. The number of hydrogen-bond acceptors (Lipinski definition) is 6. The van der Waals surface area contributed by atoms with Crippen molar-refractivity contribution < 1.29 is 23.8 Å². The van der Waals surface area contributed by atoms with E-state index in [1.807, 2.05) is 30.3 Å². The van der Waals surface area contributed by atoms with Crippen LogP contribution >= 0.6 is 0 Å². The predicted octanol–water partition coefficient (Wildman–Crippen LogP) is 3.69. The minimum atomic E-state index is -0.859. The molecule has 1 aromatic heterocycles. The topological polar surface area (TPSA) is 79.7 Å². The Balaban J connectivity index is 2.10. The van der Waals surface area contributed by atoms with Gasteiger partial charge in [0.05, 0.1) is 19.9 Å². The Kier molecular flexibility index (Phi) is 5.97. The molecule has 0 saturated carbocycles. The van der Waals surface area contributed by atoms with E-state index >= 15 is 0 Å². The van der Waals surface area contributed by atoms with Gasteiger partial charge < -0.3 is 14.2 Å². The van der Waals surface area contributed by atoms with Crippen LogP contribution in [0.2, 0.25) is 0 Å². The van der Waals surface area contributed by atoms with Crippen LogP contribution in [0.5, 0.6) is 11.5 Å². The second kappa shape index (κ2) is 8.60. The number of carbonyl (C=O) groups is 2. The summed E-state index contributed by atoms with van der Waals surface area (Å²) in [5.41, 5.74) is 2.14. The van der Waals surface area contributed by atoms with Crippen molar-refractivity contribution in [2.45, 2.75) is 20.0 Å². The van der Waals surface area contributed by atoms with Crippen molar-refractivity contribution in [2.75, 3.05) is 14.2 Å². The highest BCUT2D eigenvalue weighted by molar-refractivity contribution is 5.97. The molecule has 29 heavy (non-hydrogen) atoms. The average molecular weight is 394 g/mol. The van der Waals surface area contributed by atoms with E-state index < -0.39 is 12.1 Å². The van der Waals surface area contributed by atoms with E-state index in [9.17, 15) is 9.59 Å². The van der Waals surface area contributed by atoms with Gasteiger partial charge in [0.15, 0.2) is 29.1 Å². The SMILES string of the molecule is COc1ccc(-c2cn(-c3ccccc3)nc2C(=O)O[C@H](C)C(C)=O)cc1OC. The van der Waals surface area contributed by atoms with E-state index in [0.717, 1.165) is 5.69 Å². The minimum absolute atomic E-state index is 0.106. The molecular weight excluding hydrogens is 372 g/mol. The molecule has 3 rings (SSSR count). The monoisotopic (exact) mass is 394 g/mol. The third-order valence-electron chi connectivity index (χ3n) is 4.48. The van der Waals surface area contributed by atoms with Gasteiger partial charge in [0.25, 0.3) is 0 Å². The third-order valence-corrected chi connectivity index (χ3v) is 4.48. The van der Waals surface area contributed by atoms with Crippen LogP contribution < -0.4 is 9.47 Å². The number of rotatable bonds is 7. The fourth-order valence-corrected chi connectivity index (χ4v) is 2.75. The summed E-state index contributed by atoms with van der Waals surface area (Å²) in [4.78, 5) is 24.3. The molecule has 7 nitrogen and oxygen atoms in total. The first-order valence-electron chi connectivity index (χ1n) is 9.03. The van der Waals surface area contributed by atoms with E-state index in [2.05, 4.69) is 5.10 Å². The molecule has 0 N–H and O–H groups in total. The molecule has 0 spiro atoms. The molecule has 0 aliphatic rings. The molecule has 0 unspecified atom stereocenters. The maximum absolute atomic E-state index is 12.8. The van der Waals surface area contributed by atoms with Gasteiger partial charge in [-0.15, -0.1) is 0 Å². The van der Waals surface area contributed by atoms with Gasteiger partial charge in [-0.1, -0.05) is 24.3 Å². The molecule has 2 aromatic carbocycles. The number of methoxy groups -OCH3 is 2. The van der Waals surface area contributed by atoms with Crippen LogP contribution in [-0.2, 0) is 9.53 Å². The molecule has 1 atom stereocenters. The number of nitrogens with zero attached hydrogens (tertiary/aromatic N) is 2. The number of Topliss-reactive ketones (excluding diaryl/α,β-unsaturated/α-hetero) is 1. The summed E-state index contributed by atoms with van der Waals surface area (Å²) in [5, 5.41) is 4.43. The summed E-state index contributed by atoms with van der Waals surface area (Å²) in [6.45, 7) is 2.90. The van der Waals surface area contributed by atoms with Gasteiger partial charge in [-0.05, 0) is 43.7 Å². The molecule has 0 fully saturated rings. The molecule has 150 valence electrons. The van der Waals surface area contributed by atoms with Crippen molar-refractivity contribution in [2.24, 2.45) is 0 Å². The molecule has 0 radical (unpaired) electrons. The fourth-order valence-electron chi connectivity index (χ4n) is 2.75. The van der Waals surface area contributed by atoms with Crippen LogP contribution in [-0.4, -0.2) is 41.9 Å². The highest BCUT2D eigenvalue weighted by atomic mass is 16.5. The maximum atomic E-state index is 12.8. The van der Waals surface area contributed by atoms with Crippen molar-refractivity contribution in [1.29, 1.82) is 0 Å². The van der Waals surface area contributed by atoms with Crippen molar-refractivity contribution >= 4 is 11.8 Å². The zero-order valence-corrected chi connectivity index (χ0v) is 16.7. The molecule has 3 aromatic rings. The van der Waals surface area contributed by atoms with Crippen LogP contribution in [0.4, 0.5) is 0 Å². The fraction of sp³-hybridized carbons (Fsp3) is 0.227. The first-order chi connectivity index (χ1) is 13.9. The molecule has 7 heteroatoms. The van der Waals surface area contributed by atoms with E-state index in [1.54, 1.807) is 43.3 Å². The molecule has 1 heterocycles. The molecule has 0 bridgehead atoms. The average Bonchev–Trinajstić information content (AvgIpc) is 3.19. The van der Waals surface area contributed by atoms with Crippen LogP contribution in [0.3, 0.4) is 0 Å². The summed E-state index contributed by atoms with van der Waals surface area (Å²) in [6, 6.07) is 14.7. The Morgan fingerprint density at radius 1 is 1.00 bits per heavy atom. The van der Waals surface area contributed by atoms with Crippen LogP contribution in [0.25, 0.3) is 16.8 Å². The number of ether oxygens (including phenoxy) is 3. The summed E-state index contributed by atoms with van der Waals surface area (Å²) < 4.78 is 17.5. The Labute approximate surface area is 168 Å². The highest BCUT2D eigenvalue weighted by Crippen LogP contribution is 2.34. The number of benzene rings is 2. The first kappa shape index (κ1) is 20.1. The number of aromatic nitrogens is 2. The largest absolute Gasteiger partial charge is 0.493 e. The third kappa shape index (κ3) is 4.29. The zero-order valence-electron chi connectivity index (χ0n) is 16.7. The smallest absolute Gasteiger partial charge is 0.360 e. The van der Waals surface area contributed by atoms with Gasteiger partial charge in [0, 0.05) is 11.8 Å². The van der Waals surface area contributed by atoms with Crippen LogP contribution in [0.1, 0.15) is 24.3 Å². The lowest BCUT2D eigenvalue weighted by Crippen LogP contribution is -2.22. The van der Waals surface area contributed by atoms with Gasteiger partial charge >= 0.3 is 5.97 Å².